The zero-order valence-electron chi connectivity index (χ0n) is 11.3. The summed E-state index contributed by atoms with van der Waals surface area (Å²) in [6.07, 6.45) is 4.29. The number of thiophene rings is 1. The van der Waals surface area contributed by atoms with Crippen molar-refractivity contribution in [3.8, 4) is 0 Å². The molecular weight excluding hydrogens is 280 g/mol. The molecule has 2 fully saturated rings. The van der Waals surface area contributed by atoms with E-state index < -0.39 is 10.0 Å². The first-order chi connectivity index (χ1) is 8.90. The molecule has 0 aromatic carbocycles. The highest BCUT2D eigenvalue weighted by Crippen LogP contribution is 2.37. The van der Waals surface area contributed by atoms with Crippen LogP contribution in [0, 0.1) is 6.92 Å². The molecule has 1 heterocycles. The van der Waals surface area contributed by atoms with E-state index in [0.29, 0.717) is 17.5 Å². The van der Waals surface area contributed by atoms with Crippen molar-refractivity contribution in [3.63, 3.8) is 0 Å². The molecule has 106 valence electrons. The molecule has 2 aliphatic rings. The predicted molar refractivity (Wildman–Crippen MR) is 76.9 cm³/mol. The molecule has 0 spiro atoms. The van der Waals surface area contributed by atoms with E-state index in [0.717, 1.165) is 23.3 Å². The van der Waals surface area contributed by atoms with Crippen molar-refractivity contribution in [3.05, 3.63) is 15.8 Å². The molecule has 0 radical (unpaired) electrons. The van der Waals surface area contributed by atoms with E-state index in [1.165, 1.54) is 24.2 Å². The summed E-state index contributed by atoms with van der Waals surface area (Å²) in [6.45, 7) is 4.51. The molecule has 2 N–H and O–H groups in total. The van der Waals surface area contributed by atoms with Gasteiger partial charge in [-0.1, -0.05) is 0 Å². The molecule has 0 saturated heterocycles. The highest BCUT2D eigenvalue weighted by atomic mass is 32.2. The van der Waals surface area contributed by atoms with Gasteiger partial charge in [-0.25, -0.2) is 13.1 Å². The first-order valence-electron chi connectivity index (χ1n) is 6.74. The SMILES string of the molecule is Cc1csc(CNC2CC2)c1S(=O)(=O)NC1(C)CC1. The normalized spacial score (nSPS) is 21.6. The fraction of sp³-hybridized carbons (Fsp3) is 0.692. The Hall–Kier alpha value is -0.430. The average Bonchev–Trinajstić information content (AvgIpc) is 3.20. The summed E-state index contributed by atoms with van der Waals surface area (Å²) in [4.78, 5) is 1.43. The van der Waals surface area contributed by atoms with Gasteiger partial charge in [0, 0.05) is 23.0 Å². The maximum atomic E-state index is 12.5. The predicted octanol–water partition coefficient (Wildman–Crippen LogP) is 2.14. The van der Waals surface area contributed by atoms with Crippen molar-refractivity contribution in [2.75, 3.05) is 0 Å². The number of aryl methyl sites for hydroxylation is 1. The third kappa shape index (κ3) is 3.02. The molecule has 1 aromatic rings. The second kappa shape index (κ2) is 4.55. The summed E-state index contributed by atoms with van der Waals surface area (Å²) >= 11 is 1.54. The number of hydrogen-bond acceptors (Lipinski definition) is 4. The average molecular weight is 300 g/mol. The third-order valence-corrected chi connectivity index (χ3v) is 6.87. The minimum absolute atomic E-state index is 0.214. The minimum Gasteiger partial charge on any atom is -0.309 e. The van der Waals surface area contributed by atoms with Crippen LogP contribution in [0.1, 0.15) is 43.0 Å². The maximum Gasteiger partial charge on any atom is 0.242 e. The molecule has 0 bridgehead atoms. The van der Waals surface area contributed by atoms with Gasteiger partial charge in [0.15, 0.2) is 0 Å². The van der Waals surface area contributed by atoms with Crippen LogP contribution < -0.4 is 10.0 Å². The summed E-state index contributed by atoms with van der Waals surface area (Å²) in [5, 5.41) is 5.33. The lowest BCUT2D eigenvalue weighted by Gasteiger charge is -2.14. The summed E-state index contributed by atoms with van der Waals surface area (Å²) < 4.78 is 27.9. The highest BCUT2D eigenvalue weighted by Gasteiger charge is 2.42. The highest BCUT2D eigenvalue weighted by molar-refractivity contribution is 7.89. The number of nitrogens with one attached hydrogen (secondary N) is 2. The smallest absolute Gasteiger partial charge is 0.242 e. The third-order valence-electron chi connectivity index (χ3n) is 3.77. The van der Waals surface area contributed by atoms with Gasteiger partial charge in [0.25, 0.3) is 0 Å². The maximum absolute atomic E-state index is 12.5. The molecule has 0 aliphatic heterocycles. The van der Waals surface area contributed by atoms with E-state index >= 15 is 0 Å². The molecule has 19 heavy (non-hydrogen) atoms. The van der Waals surface area contributed by atoms with Gasteiger partial charge in [0.1, 0.15) is 4.90 Å². The lowest BCUT2D eigenvalue weighted by molar-refractivity contribution is 0.556. The van der Waals surface area contributed by atoms with Crippen LogP contribution in [0.15, 0.2) is 10.3 Å². The van der Waals surface area contributed by atoms with Gasteiger partial charge in [-0.2, -0.15) is 0 Å². The van der Waals surface area contributed by atoms with E-state index in [1.807, 2.05) is 19.2 Å². The van der Waals surface area contributed by atoms with Crippen LogP contribution in [-0.2, 0) is 16.6 Å². The zero-order valence-corrected chi connectivity index (χ0v) is 13.0. The molecule has 2 aliphatic carbocycles. The Balaban J connectivity index is 1.82. The van der Waals surface area contributed by atoms with Crippen molar-refractivity contribution < 1.29 is 8.42 Å². The molecule has 1 aromatic heterocycles. The van der Waals surface area contributed by atoms with E-state index in [9.17, 15) is 8.42 Å². The van der Waals surface area contributed by atoms with Crippen molar-refractivity contribution in [1.82, 2.24) is 10.0 Å². The van der Waals surface area contributed by atoms with Gasteiger partial charge in [0.2, 0.25) is 10.0 Å². The Kier molecular flexibility index (Phi) is 3.24. The van der Waals surface area contributed by atoms with Crippen LogP contribution in [0.25, 0.3) is 0 Å². The second-order valence-electron chi connectivity index (χ2n) is 5.99. The lowest BCUT2D eigenvalue weighted by atomic mass is 10.3. The summed E-state index contributed by atoms with van der Waals surface area (Å²) in [6, 6.07) is 0.590. The molecule has 0 amide bonds. The zero-order chi connectivity index (χ0) is 13.7. The molecule has 0 atom stereocenters. The largest absolute Gasteiger partial charge is 0.309 e. The Bertz CT molecular complexity index is 584. The molecule has 4 nitrogen and oxygen atoms in total. The van der Waals surface area contributed by atoms with E-state index in [4.69, 9.17) is 0 Å². The topological polar surface area (TPSA) is 58.2 Å². The van der Waals surface area contributed by atoms with Crippen molar-refractivity contribution in [2.24, 2.45) is 0 Å². The number of hydrogen-bond donors (Lipinski definition) is 2. The fourth-order valence-corrected chi connectivity index (χ4v) is 5.39. The first-order valence-corrected chi connectivity index (χ1v) is 9.10. The summed E-state index contributed by atoms with van der Waals surface area (Å²) in [7, 11) is -3.38. The van der Waals surface area contributed by atoms with Gasteiger partial charge in [-0.15, -0.1) is 11.3 Å². The molecule has 2 saturated carbocycles. The van der Waals surface area contributed by atoms with Gasteiger partial charge < -0.3 is 5.32 Å². The standard InChI is InChI=1S/C13H20N2O2S2/c1-9-8-18-11(7-14-10-3-4-10)12(9)19(16,17)15-13(2)5-6-13/h8,10,14-15H,3-7H2,1-2H3. The van der Waals surface area contributed by atoms with E-state index in [1.54, 1.807) is 0 Å². The minimum atomic E-state index is -3.38. The van der Waals surface area contributed by atoms with Gasteiger partial charge >= 0.3 is 0 Å². The van der Waals surface area contributed by atoms with Crippen LogP contribution in [0.3, 0.4) is 0 Å². The van der Waals surface area contributed by atoms with Crippen LogP contribution in [-0.4, -0.2) is 20.0 Å². The Morgan fingerprint density at radius 3 is 2.68 bits per heavy atom. The van der Waals surface area contributed by atoms with Gasteiger partial charge in [-0.3, -0.25) is 0 Å². The van der Waals surface area contributed by atoms with Crippen LogP contribution in [0.5, 0.6) is 0 Å². The lowest BCUT2D eigenvalue weighted by Crippen LogP contribution is -2.35. The quantitative estimate of drug-likeness (QED) is 0.846. The molecule has 3 rings (SSSR count). The monoisotopic (exact) mass is 300 g/mol. The fourth-order valence-electron chi connectivity index (χ4n) is 2.16. The second-order valence-corrected chi connectivity index (χ2v) is 8.58. The summed E-state index contributed by atoms with van der Waals surface area (Å²) in [5.74, 6) is 0. The van der Waals surface area contributed by atoms with Crippen LogP contribution in [0.4, 0.5) is 0 Å². The molecule has 6 heteroatoms. The summed E-state index contributed by atoms with van der Waals surface area (Å²) in [5.41, 5.74) is 0.642. The molecular formula is C13H20N2O2S2. The number of sulfonamides is 1. The van der Waals surface area contributed by atoms with Crippen LogP contribution >= 0.6 is 11.3 Å². The number of rotatable bonds is 6. The molecule has 0 unspecified atom stereocenters. The van der Waals surface area contributed by atoms with E-state index in [2.05, 4.69) is 10.0 Å². The Labute approximate surface area is 118 Å². The van der Waals surface area contributed by atoms with Crippen molar-refractivity contribution in [2.45, 2.75) is 62.6 Å². The Morgan fingerprint density at radius 2 is 2.11 bits per heavy atom. The first kappa shape index (κ1) is 13.5. The Morgan fingerprint density at radius 1 is 1.42 bits per heavy atom. The van der Waals surface area contributed by atoms with E-state index in [-0.39, 0.29) is 5.54 Å². The van der Waals surface area contributed by atoms with Crippen LogP contribution in [0.2, 0.25) is 0 Å². The van der Waals surface area contributed by atoms with Gasteiger partial charge in [0.05, 0.1) is 0 Å². The van der Waals surface area contributed by atoms with Gasteiger partial charge in [-0.05, 0) is 50.5 Å². The van der Waals surface area contributed by atoms with Crippen molar-refractivity contribution in [1.29, 1.82) is 0 Å². The van der Waals surface area contributed by atoms with Crippen molar-refractivity contribution >= 4 is 21.4 Å².